The zero-order valence-electron chi connectivity index (χ0n) is 17.8. The monoisotopic (exact) mass is 444 g/mol. The molecule has 0 atom stereocenters. The lowest BCUT2D eigenvalue weighted by molar-refractivity contribution is -0.132. The van der Waals surface area contributed by atoms with Crippen molar-refractivity contribution in [3.05, 3.63) is 59.4 Å². The quantitative estimate of drug-likeness (QED) is 0.677. The summed E-state index contributed by atoms with van der Waals surface area (Å²) >= 11 is 0. The molecule has 2 amide bonds. The molecule has 1 saturated heterocycles. The lowest BCUT2D eigenvalue weighted by Crippen LogP contribution is -2.47. The van der Waals surface area contributed by atoms with Gasteiger partial charge in [0.2, 0.25) is 15.9 Å². The van der Waals surface area contributed by atoms with Crippen molar-refractivity contribution in [2.75, 3.05) is 19.6 Å². The standard InChI is InChI=1S/C22H28N4O4S/c1-16-5-6-17(2)20(14-16)31(29,30)24-11-7-21(27)26-12-8-19(9-13-26)25-22(28)18-4-3-10-23-15-18/h3-6,10,14-15,19,24H,7-9,11-13H2,1-2H3,(H,25,28). The second kappa shape index (κ2) is 10.0. The number of aryl methyl sites for hydroxylation is 2. The van der Waals surface area contributed by atoms with Gasteiger partial charge in [-0.2, -0.15) is 0 Å². The van der Waals surface area contributed by atoms with Gasteiger partial charge < -0.3 is 10.2 Å². The van der Waals surface area contributed by atoms with Gasteiger partial charge in [0.05, 0.1) is 10.5 Å². The summed E-state index contributed by atoms with van der Waals surface area (Å²) < 4.78 is 27.6. The van der Waals surface area contributed by atoms with Crippen LogP contribution in [0.4, 0.5) is 0 Å². The summed E-state index contributed by atoms with van der Waals surface area (Å²) in [6.45, 7) is 4.69. The first-order valence-corrected chi connectivity index (χ1v) is 11.8. The minimum Gasteiger partial charge on any atom is -0.349 e. The van der Waals surface area contributed by atoms with Crippen molar-refractivity contribution < 1.29 is 18.0 Å². The number of carbonyl (C=O) groups is 2. The summed E-state index contributed by atoms with van der Waals surface area (Å²) in [7, 11) is -3.66. The number of hydrogen-bond donors (Lipinski definition) is 2. The van der Waals surface area contributed by atoms with Crippen LogP contribution in [0.25, 0.3) is 0 Å². The van der Waals surface area contributed by atoms with E-state index in [1.807, 2.05) is 13.0 Å². The highest BCUT2D eigenvalue weighted by atomic mass is 32.2. The molecule has 2 N–H and O–H groups in total. The van der Waals surface area contributed by atoms with Gasteiger partial charge >= 0.3 is 0 Å². The zero-order chi connectivity index (χ0) is 22.4. The second-order valence-corrected chi connectivity index (χ2v) is 9.52. The molecule has 8 nitrogen and oxygen atoms in total. The molecule has 1 fully saturated rings. The number of hydrogen-bond acceptors (Lipinski definition) is 5. The average molecular weight is 445 g/mol. The Morgan fingerprint density at radius 2 is 1.90 bits per heavy atom. The smallest absolute Gasteiger partial charge is 0.253 e. The summed E-state index contributed by atoms with van der Waals surface area (Å²) in [5.74, 6) is -0.264. The molecule has 0 spiro atoms. The first-order valence-electron chi connectivity index (χ1n) is 10.3. The first kappa shape index (κ1) is 22.9. The number of aromatic nitrogens is 1. The van der Waals surface area contributed by atoms with E-state index in [0.717, 1.165) is 5.56 Å². The highest BCUT2D eigenvalue weighted by molar-refractivity contribution is 7.89. The normalized spacial score (nSPS) is 15.0. The molecule has 1 aliphatic rings. The molecule has 2 heterocycles. The number of benzene rings is 1. The SMILES string of the molecule is Cc1ccc(C)c(S(=O)(=O)NCCC(=O)N2CCC(NC(=O)c3cccnc3)CC2)c1. The molecule has 0 bridgehead atoms. The van der Waals surface area contributed by atoms with Gasteiger partial charge in [0.25, 0.3) is 5.91 Å². The van der Waals surface area contributed by atoms with Gasteiger partial charge in [-0.1, -0.05) is 12.1 Å². The van der Waals surface area contributed by atoms with E-state index in [1.54, 1.807) is 42.3 Å². The molecule has 1 aliphatic heterocycles. The Bertz CT molecular complexity index is 1030. The number of carbonyl (C=O) groups excluding carboxylic acids is 2. The third kappa shape index (κ3) is 6.11. The van der Waals surface area contributed by atoms with Gasteiger partial charge in [-0.25, -0.2) is 13.1 Å². The number of amides is 2. The number of rotatable bonds is 7. The van der Waals surface area contributed by atoms with Gasteiger partial charge in [-0.3, -0.25) is 14.6 Å². The predicted molar refractivity (Wildman–Crippen MR) is 117 cm³/mol. The minimum absolute atomic E-state index is 0.000413. The van der Waals surface area contributed by atoms with Gasteiger partial charge in [-0.05, 0) is 56.0 Å². The maximum Gasteiger partial charge on any atom is 0.253 e. The number of nitrogens with one attached hydrogen (secondary N) is 2. The highest BCUT2D eigenvalue weighted by Crippen LogP contribution is 2.17. The van der Waals surface area contributed by atoms with E-state index in [0.29, 0.717) is 37.1 Å². The molecule has 1 aromatic heterocycles. The van der Waals surface area contributed by atoms with Crippen LogP contribution < -0.4 is 10.0 Å². The molecule has 166 valence electrons. The van der Waals surface area contributed by atoms with E-state index in [2.05, 4.69) is 15.0 Å². The summed E-state index contributed by atoms with van der Waals surface area (Å²) in [6, 6.07) is 8.68. The lowest BCUT2D eigenvalue weighted by Gasteiger charge is -2.32. The number of nitrogens with zero attached hydrogens (tertiary/aromatic N) is 2. The van der Waals surface area contributed by atoms with Crippen LogP contribution in [0.15, 0.2) is 47.6 Å². The van der Waals surface area contributed by atoms with Crippen LogP contribution >= 0.6 is 0 Å². The molecule has 31 heavy (non-hydrogen) atoms. The van der Waals surface area contributed by atoms with Crippen molar-refractivity contribution in [2.24, 2.45) is 0 Å². The van der Waals surface area contributed by atoms with Crippen LogP contribution in [0.1, 0.15) is 40.7 Å². The third-order valence-electron chi connectivity index (χ3n) is 5.37. The molecule has 0 saturated carbocycles. The van der Waals surface area contributed by atoms with Crippen molar-refractivity contribution >= 4 is 21.8 Å². The third-order valence-corrected chi connectivity index (χ3v) is 6.97. The Morgan fingerprint density at radius 3 is 2.58 bits per heavy atom. The molecule has 0 unspecified atom stereocenters. The summed E-state index contributed by atoms with van der Waals surface area (Å²) in [4.78, 5) is 30.6. The molecule has 1 aromatic carbocycles. The number of piperidine rings is 1. The van der Waals surface area contributed by atoms with E-state index >= 15 is 0 Å². The molecule has 0 aliphatic carbocycles. The Balaban J connectivity index is 1.44. The number of likely N-dealkylation sites (tertiary alicyclic amines) is 1. The highest BCUT2D eigenvalue weighted by Gasteiger charge is 2.24. The van der Waals surface area contributed by atoms with Gasteiger partial charge in [0.1, 0.15) is 0 Å². The predicted octanol–water partition coefficient (Wildman–Crippen LogP) is 1.79. The van der Waals surface area contributed by atoms with E-state index in [9.17, 15) is 18.0 Å². The van der Waals surface area contributed by atoms with Crippen LogP contribution in [0.3, 0.4) is 0 Å². The maximum atomic E-state index is 12.5. The molecule has 2 aromatic rings. The van der Waals surface area contributed by atoms with Crippen molar-refractivity contribution in [1.82, 2.24) is 19.9 Å². The Hall–Kier alpha value is -2.78. The van der Waals surface area contributed by atoms with Gasteiger partial charge in [0.15, 0.2) is 0 Å². The van der Waals surface area contributed by atoms with E-state index < -0.39 is 10.0 Å². The largest absolute Gasteiger partial charge is 0.349 e. The van der Waals surface area contributed by atoms with Crippen molar-refractivity contribution in [3.63, 3.8) is 0 Å². The van der Waals surface area contributed by atoms with Crippen LogP contribution in [0.5, 0.6) is 0 Å². The summed E-state index contributed by atoms with van der Waals surface area (Å²) in [5, 5.41) is 2.98. The molecule has 9 heteroatoms. The fourth-order valence-electron chi connectivity index (χ4n) is 3.56. The lowest BCUT2D eigenvalue weighted by atomic mass is 10.0. The van der Waals surface area contributed by atoms with Gasteiger partial charge in [-0.15, -0.1) is 0 Å². The van der Waals surface area contributed by atoms with Crippen LogP contribution in [-0.4, -0.2) is 55.8 Å². The van der Waals surface area contributed by atoms with E-state index in [1.165, 1.54) is 6.20 Å². The summed E-state index contributed by atoms with van der Waals surface area (Å²) in [5.41, 5.74) is 2.04. The van der Waals surface area contributed by atoms with Crippen molar-refractivity contribution in [1.29, 1.82) is 0 Å². The number of pyridine rings is 1. The molecular weight excluding hydrogens is 416 g/mol. The molecule has 0 radical (unpaired) electrons. The van der Waals surface area contributed by atoms with Crippen LogP contribution in [-0.2, 0) is 14.8 Å². The Labute approximate surface area is 183 Å². The summed E-state index contributed by atoms with van der Waals surface area (Å²) in [6.07, 6.45) is 4.55. The van der Waals surface area contributed by atoms with Gasteiger partial charge in [0, 0.05) is 44.5 Å². The minimum atomic E-state index is -3.66. The first-order chi connectivity index (χ1) is 14.8. The molecule has 3 rings (SSSR count). The van der Waals surface area contributed by atoms with E-state index in [-0.39, 0.29) is 35.7 Å². The fraction of sp³-hybridized carbons (Fsp3) is 0.409. The fourth-order valence-corrected chi connectivity index (χ4v) is 4.92. The number of sulfonamides is 1. The Morgan fingerprint density at radius 1 is 1.16 bits per heavy atom. The van der Waals surface area contributed by atoms with Crippen molar-refractivity contribution in [3.8, 4) is 0 Å². The van der Waals surface area contributed by atoms with Crippen LogP contribution in [0.2, 0.25) is 0 Å². The maximum absolute atomic E-state index is 12.5. The van der Waals surface area contributed by atoms with E-state index in [4.69, 9.17) is 0 Å². The van der Waals surface area contributed by atoms with Crippen LogP contribution in [0, 0.1) is 13.8 Å². The second-order valence-electron chi connectivity index (χ2n) is 7.79. The topological polar surface area (TPSA) is 108 Å². The van der Waals surface area contributed by atoms with Crippen molar-refractivity contribution in [2.45, 2.75) is 44.0 Å². The average Bonchev–Trinajstić information content (AvgIpc) is 2.76. The zero-order valence-corrected chi connectivity index (χ0v) is 18.6. The Kier molecular flexibility index (Phi) is 7.40. The molecular formula is C22H28N4O4S.